The SMILES string of the molecule is O=C(NCCCCCc1nnc2ccccn12)[C@H]1CC(=O)N(Cc2ccco2)C1. The molecule has 3 aromatic heterocycles. The van der Waals surface area contributed by atoms with E-state index in [-0.39, 0.29) is 24.2 Å². The first kappa shape index (κ1) is 19.2. The van der Waals surface area contributed by atoms with Crippen LogP contribution < -0.4 is 5.32 Å². The molecule has 0 saturated carbocycles. The summed E-state index contributed by atoms with van der Waals surface area (Å²) in [4.78, 5) is 26.2. The van der Waals surface area contributed by atoms with Crippen molar-refractivity contribution < 1.29 is 14.0 Å². The molecule has 1 aliphatic rings. The second-order valence-corrected chi connectivity index (χ2v) is 7.40. The van der Waals surface area contributed by atoms with Gasteiger partial charge in [-0.15, -0.1) is 10.2 Å². The molecule has 0 radical (unpaired) electrons. The lowest BCUT2D eigenvalue weighted by Crippen LogP contribution is -2.33. The molecule has 0 aliphatic carbocycles. The second-order valence-electron chi connectivity index (χ2n) is 7.40. The van der Waals surface area contributed by atoms with Gasteiger partial charge >= 0.3 is 0 Å². The Morgan fingerprint density at radius 2 is 2.10 bits per heavy atom. The van der Waals surface area contributed by atoms with Gasteiger partial charge in [0.05, 0.1) is 18.7 Å². The zero-order chi connectivity index (χ0) is 20.1. The predicted molar refractivity (Wildman–Crippen MR) is 106 cm³/mol. The van der Waals surface area contributed by atoms with E-state index in [0.29, 0.717) is 19.6 Å². The molecular formula is C21H25N5O3. The van der Waals surface area contributed by atoms with Gasteiger partial charge in [0, 0.05) is 32.1 Å². The van der Waals surface area contributed by atoms with Crippen molar-refractivity contribution in [2.75, 3.05) is 13.1 Å². The quantitative estimate of drug-likeness (QED) is 0.561. The first-order valence-electron chi connectivity index (χ1n) is 10.1. The average molecular weight is 395 g/mol. The molecule has 29 heavy (non-hydrogen) atoms. The molecular weight excluding hydrogens is 370 g/mol. The van der Waals surface area contributed by atoms with E-state index >= 15 is 0 Å². The molecule has 8 heteroatoms. The van der Waals surface area contributed by atoms with Crippen LogP contribution in [-0.4, -0.2) is 44.4 Å². The minimum atomic E-state index is -0.278. The van der Waals surface area contributed by atoms with E-state index in [2.05, 4.69) is 15.5 Å². The summed E-state index contributed by atoms with van der Waals surface area (Å²) in [5.74, 6) is 1.39. The number of hydrogen-bond acceptors (Lipinski definition) is 5. The molecule has 0 unspecified atom stereocenters. The fourth-order valence-electron chi connectivity index (χ4n) is 3.69. The Morgan fingerprint density at radius 3 is 2.97 bits per heavy atom. The highest BCUT2D eigenvalue weighted by atomic mass is 16.3. The van der Waals surface area contributed by atoms with Crippen molar-refractivity contribution in [2.24, 2.45) is 5.92 Å². The van der Waals surface area contributed by atoms with Crippen molar-refractivity contribution >= 4 is 17.5 Å². The third-order valence-electron chi connectivity index (χ3n) is 5.27. The van der Waals surface area contributed by atoms with E-state index in [9.17, 15) is 9.59 Å². The van der Waals surface area contributed by atoms with Gasteiger partial charge in [0.1, 0.15) is 11.6 Å². The number of carbonyl (C=O) groups excluding carboxylic acids is 2. The Labute approximate surface area is 168 Å². The van der Waals surface area contributed by atoms with Gasteiger partial charge in [-0.1, -0.05) is 12.5 Å². The van der Waals surface area contributed by atoms with Gasteiger partial charge in [0.25, 0.3) is 0 Å². The van der Waals surface area contributed by atoms with Crippen LogP contribution in [-0.2, 0) is 22.6 Å². The van der Waals surface area contributed by atoms with Crippen LogP contribution in [0.5, 0.6) is 0 Å². The first-order chi connectivity index (χ1) is 14.2. The lowest BCUT2D eigenvalue weighted by atomic mass is 10.1. The summed E-state index contributed by atoms with van der Waals surface area (Å²) in [6.07, 6.45) is 7.58. The van der Waals surface area contributed by atoms with Crippen LogP contribution in [0.1, 0.15) is 37.3 Å². The molecule has 1 N–H and O–H groups in total. The van der Waals surface area contributed by atoms with E-state index in [1.807, 2.05) is 34.9 Å². The van der Waals surface area contributed by atoms with Gasteiger partial charge in [-0.3, -0.25) is 14.0 Å². The molecule has 0 aromatic carbocycles. The molecule has 4 heterocycles. The summed E-state index contributed by atoms with van der Waals surface area (Å²) < 4.78 is 7.30. The summed E-state index contributed by atoms with van der Waals surface area (Å²) in [7, 11) is 0. The summed E-state index contributed by atoms with van der Waals surface area (Å²) in [5, 5.41) is 11.4. The molecule has 4 rings (SSSR count). The topological polar surface area (TPSA) is 92.7 Å². The first-order valence-corrected chi connectivity index (χ1v) is 10.1. The highest BCUT2D eigenvalue weighted by Crippen LogP contribution is 2.20. The van der Waals surface area contributed by atoms with Crippen molar-refractivity contribution in [2.45, 2.75) is 38.6 Å². The number of carbonyl (C=O) groups is 2. The number of unbranched alkanes of at least 4 members (excludes halogenated alkanes) is 2. The Bertz CT molecular complexity index is 966. The molecule has 1 atom stereocenters. The summed E-state index contributed by atoms with van der Waals surface area (Å²) >= 11 is 0. The second kappa shape index (κ2) is 8.89. The van der Waals surface area contributed by atoms with Crippen molar-refractivity contribution in [1.82, 2.24) is 24.8 Å². The molecule has 0 bridgehead atoms. The van der Waals surface area contributed by atoms with E-state index in [0.717, 1.165) is 42.9 Å². The Balaban J connectivity index is 1.14. The monoisotopic (exact) mass is 395 g/mol. The number of nitrogens with one attached hydrogen (secondary N) is 1. The minimum absolute atomic E-state index is 0.00193. The van der Waals surface area contributed by atoms with Gasteiger partial charge in [-0.05, 0) is 37.1 Å². The smallest absolute Gasteiger partial charge is 0.225 e. The Morgan fingerprint density at radius 1 is 1.17 bits per heavy atom. The summed E-state index contributed by atoms with van der Waals surface area (Å²) in [6, 6.07) is 9.49. The van der Waals surface area contributed by atoms with Crippen LogP contribution in [0.25, 0.3) is 5.65 Å². The van der Waals surface area contributed by atoms with Gasteiger partial charge in [0.2, 0.25) is 11.8 Å². The fraction of sp³-hybridized carbons (Fsp3) is 0.429. The normalized spacial score (nSPS) is 16.6. The number of amides is 2. The Hall–Kier alpha value is -3.16. The van der Waals surface area contributed by atoms with Crippen LogP contribution in [0.15, 0.2) is 47.2 Å². The number of nitrogens with zero attached hydrogens (tertiary/aromatic N) is 4. The number of fused-ring (bicyclic) bond motifs is 1. The molecule has 0 spiro atoms. The molecule has 3 aromatic rings. The summed E-state index contributed by atoms with van der Waals surface area (Å²) in [5.41, 5.74) is 0.863. The van der Waals surface area contributed by atoms with Crippen LogP contribution in [0.4, 0.5) is 0 Å². The number of hydrogen-bond donors (Lipinski definition) is 1. The van der Waals surface area contributed by atoms with Gasteiger partial charge in [-0.25, -0.2) is 0 Å². The van der Waals surface area contributed by atoms with Crippen LogP contribution >= 0.6 is 0 Å². The number of likely N-dealkylation sites (tertiary alicyclic amines) is 1. The maximum Gasteiger partial charge on any atom is 0.225 e. The highest BCUT2D eigenvalue weighted by molar-refractivity contribution is 5.89. The van der Waals surface area contributed by atoms with Crippen LogP contribution in [0.3, 0.4) is 0 Å². The lowest BCUT2D eigenvalue weighted by Gasteiger charge is -2.15. The minimum Gasteiger partial charge on any atom is -0.467 e. The zero-order valence-corrected chi connectivity index (χ0v) is 16.3. The zero-order valence-electron chi connectivity index (χ0n) is 16.3. The molecule has 152 valence electrons. The maximum atomic E-state index is 12.4. The fourth-order valence-corrected chi connectivity index (χ4v) is 3.69. The largest absolute Gasteiger partial charge is 0.467 e. The van der Waals surface area contributed by atoms with Crippen LogP contribution in [0.2, 0.25) is 0 Å². The molecule has 1 fully saturated rings. The van der Waals surface area contributed by atoms with E-state index < -0.39 is 0 Å². The van der Waals surface area contributed by atoms with Crippen molar-refractivity contribution in [3.05, 3.63) is 54.4 Å². The van der Waals surface area contributed by atoms with Crippen molar-refractivity contribution in [1.29, 1.82) is 0 Å². The molecule has 1 aliphatic heterocycles. The van der Waals surface area contributed by atoms with E-state index in [1.165, 1.54) is 0 Å². The predicted octanol–water partition coefficient (Wildman–Crippen LogP) is 2.20. The third-order valence-corrected chi connectivity index (χ3v) is 5.27. The number of rotatable bonds is 9. The molecule has 8 nitrogen and oxygen atoms in total. The number of aromatic nitrogens is 3. The summed E-state index contributed by atoms with van der Waals surface area (Å²) in [6.45, 7) is 1.50. The highest BCUT2D eigenvalue weighted by Gasteiger charge is 2.34. The molecule has 1 saturated heterocycles. The van der Waals surface area contributed by atoms with Gasteiger partial charge in [0.15, 0.2) is 5.65 Å². The van der Waals surface area contributed by atoms with Crippen molar-refractivity contribution in [3.8, 4) is 0 Å². The molecule has 2 amide bonds. The van der Waals surface area contributed by atoms with Gasteiger partial charge < -0.3 is 14.6 Å². The standard InChI is InChI=1S/C21H25N5O3/c27-20-13-16(14-25(20)15-17-7-6-12-29-17)21(28)22-10-4-1-2-8-18-23-24-19-9-3-5-11-26(18)19/h3,5-7,9,11-12,16H,1-2,4,8,10,13-15H2,(H,22,28)/t16-/m0/s1. The number of pyridine rings is 1. The van der Waals surface area contributed by atoms with Crippen LogP contribution in [0, 0.1) is 5.92 Å². The van der Waals surface area contributed by atoms with E-state index in [1.54, 1.807) is 17.2 Å². The third kappa shape index (κ3) is 4.64. The Kier molecular flexibility index (Phi) is 5.88. The van der Waals surface area contributed by atoms with Gasteiger partial charge in [-0.2, -0.15) is 0 Å². The lowest BCUT2D eigenvalue weighted by molar-refractivity contribution is -0.129. The average Bonchev–Trinajstić information content (AvgIpc) is 3.46. The van der Waals surface area contributed by atoms with E-state index in [4.69, 9.17) is 4.42 Å². The van der Waals surface area contributed by atoms with Crippen molar-refractivity contribution in [3.63, 3.8) is 0 Å². The number of aryl methyl sites for hydroxylation is 1. The maximum absolute atomic E-state index is 12.4. The number of furan rings is 1.